The zero-order valence-corrected chi connectivity index (χ0v) is 13.3. The summed E-state index contributed by atoms with van der Waals surface area (Å²) in [6, 6.07) is 3.80. The van der Waals surface area contributed by atoms with Gasteiger partial charge in [-0.1, -0.05) is 6.92 Å². The van der Waals surface area contributed by atoms with Crippen LogP contribution in [0.3, 0.4) is 0 Å². The molecule has 2 atom stereocenters. The third kappa shape index (κ3) is 4.43. The van der Waals surface area contributed by atoms with Gasteiger partial charge in [0.25, 0.3) is 0 Å². The van der Waals surface area contributed by atoms with E-state index >= 15 is 0 Å². The van der Waals surface area contributed by atoms with Crippen molar-refractivity contribution in [1.29, 1.82) is 0 Å². The Morgan fingerprint density at radius 2 is 2.00 bits per heavy atom. The highest BCUT2D eigenvalue weighted by Gasteiger charge is 2.32. The van der Waals surface area contributed by atoms with Crippen LogP contribution in [0.2, 0.25) is 0 Å². The van der Waals surface area contributed by atoms with Crippen molar-refractivity contribution in [3.63, 3.8) is 0 Å². The summed E-state index contributed by atoms with van der Waals surface area (Å²) in [7, 11) is 0. The normalized spacial score (nSPS) is 22.7. The molecule has 1 fully saturated rings. The van der Waals surface area contributed by atoms with Crippen LogP contribution in [0.25, 0.3) is 0 Å². The lowest BCUT2D eigenvalue weighted by atomic mass is 9.96. The molecule has 0 saturated carbocycles. The maximum absolute atomic E-state index is 12.6. The average molecular weight is 291 g/mol. The first-order valence-electron chi connectivity index (χ1n) is 7.50. The predicted molar refractivity (Wildman–Crippen MR) is 83.4 cm³/mol. The van der Waals surface area contributed by atoms with Crippen molar-refractivity contribution in [3.05, 3.63) is 24.5 Å². The summed E-state index contributed by atoms with van der Waals surface area (Å²) in [6.45, 7) is 9.63. The highest BCUT2D eigenvalue weighted by Crippen LogP contribution is 2.24. The molecule has 1 amide bonds. The summed E-state index contributed by atoms with van der Waals surface area (Å²) in [5, 5.41) is 3.39. The maximum atomic E-state index is 12.6. The van der Waals surface area contributed by atoms with Crippen molar-refractivity contribution in [1.82, 2.24) is 10.3 Å². The monoisotopic (exact) mass is 291 g/mol. The molecule has 2 unspecified atom stereocenters. The topological polar surface area (TPSA) is 54.5 Å². The number of ether oxygens (including phenoxy) is 1. The van der Waals surface area contributed by atoms with Crippen LogP contribution in [0.1, 0.15) is 34.1 Å². The van der Waals surface area contributed by atoms with Gasteiger partial charge in [0.2, 0.25) is 0 Å². The van der Waals surface area contributed by atoms with Crippen molar-refractivity contribution in [2.24, 2.45) is 5.92 Å². The fourth-order valence-electron chi connectivity index (χ4n) is 2.61. The van der Waals surface area contributed by atoms with E-state index in [-0.39, 0.29) is 12.1 Å². The SMILES string of the molecule is CC1CNCC(N(C(=O)OC(C)(C)C)c2ccncc2)C1. The lowest BCUT2D eigenvalue weighted by Crippen LogP contribution is -2.52. The van der Waals surface area contributed by atoms with E-state index in [2.05, 4.69) is 17.2 Å². The van der Waals surface area contributed by atoms with Crippen LogP contribution in [0.4, 0.5) is 10.5 Å². The highest BCUT2D eigenvalue weighted by molar-refractivity contribution is 5.88. The molecule has 116 valence electrons. The molecule has 0 radical (unpaired) electrons. The van der Waals surface area contributed by atoms with Gasteiger partial charge in [0.05, 0.1) is 11.7 Å². The number of hydrogen-bond acceptors (Lipinski definition) is 4. The number of nitrogens with zero attached hydrogens (tertiary/aromatic N) is 2. The van der Waals surface area contributed by atoms with Gasteiger partial charge >= 0.3 is 6.09 Å². The standard InChI is InChI=1S/C16H25N3O2/c1-12-9-14(11-18-10-12)19(13-5-7-17-8-6-13)15(20)21-16(2,3)4/h5-8,12,14,18H,9-11H2,1-4H3. The molecule has 1 saturated heterocycles. The van der Waals surface area contributed by atoms with Gasteiger partial charge in [0.1, 0.15) is 5.60 Å². The van der Waals surface area contributed by atoms with E-state index in [1.807, 2.05) is 32.9 Å². The Balaban J connectivity index is 2.24. The van der Waals surface area contributed by atoms with Crippen LogP contribution in [0, 0.1) is 5.92 Å². The summed E-state index contributed by atoms with van der Waals surface area (Å²) in [5.41, 5.74) is 0.330. The number of carbonyl (C=O) groups is 1. The van der Waals surface area contributed by atoms with Crippen LogP contribution < -0.4 is 10.2 Å². The molecular formula is C16H25N3O2. The van der Waals surface area contributed by atoms with E-state index < -0.39 is 5.60 Å². The lowest BCUT2D eigenvalue weighted by molar-refractivity contribution is 0.0556. The number of rotatable bonds is 2. The fraction of sp³-hybridized carbons (Fsp3) is 0.625. The van der Waals surface area contributed by atoms with Crippen molar-refractivity contribution in [2.75, 3.05) is 18.0 Å². The maximum Gasteiger partial charge on any atom is 0.415 e. The van der Waals surface area contributed by atoms with Gasteiger partial charge in [-0.05, 0) is 51.8 Å². The quantitative estimate of drug-likeness (QED) is 0.910. The lowest BCUT2D eigenvalue weighted by Gasteiger charge is -2.37. The molecule has 5 nitrogen and oxygen atoms in total. The number of pyridine rings is 1. The minimum absolute atomic E-state index is 0.103. The Hall–Kier alpha value is -1.62. The van der Waals surface area contributed by atoms with E-state index in [1.54, 1.807) is 17.3 Å². The Labute approximate surface area is 126 Å². The van der Waals surface area contributed by atoms with Gasteiger partial charge in [-0.3, -0.25) is 9.88 Å². The smallest absolute Gasteiger partial charge is 0.415 e. The number of hydrogen-bond donors (Lipinski definition) is 1. The van der Waals surface area contributed by atoms with Gasteiger partial charge in [-0.15, -0.1) is 0 Å². The molecule has 0 aromatic carbocycles. The molecule has 1 aromatic rings. The van der Waals surface area contributed by atoms with Crippen molar-refractivity contribution in [3.8, 4) is 0 Å². The number of aromatic nitrogens is 1. The van der Waals surface area contributed by atoms with Crippen LogP contribution in [-0.2, 0) is 4.74 Å². The second-order valence-corrected chi connectivity index (χ2v) is 6.71. The van der Waals surface area contributed by atoms with E-state index in [1.165, 1.54) is 0 Å². The van der Waals surface area contributed by atoms with Crippen LogP contribution >= 0.6 is 0 Å². The molecule has 0 aliphatic carbocycles. The van der Waals surface area contributed by atoms with Gasteiger partial charge in [-0.2, -0.15) is 0 Å². The van der Waals surface area contributed by atoms with E-state index in [0.717, 1.165) is 25.2 Å². The molecule has 2 heterocycles. The number of amides is 1. The van der Waals surface area contributed by atoms with Gasteiger partial charge in [0.15, 0.2) is 0 Å². The molecule has 1 N–H and O–H groups in total. The summed E-state index contributed by atoms with van der Waals surface area (Å²) >= 11 is 0. The zero-order valence-electron chi connectivity index (χ0n) is 13.3. The van der Waals surface area contributed by atoms with Crippen LogP contribution in [0.15, 0.2) is 24.5 Å². The first kappa shape index (κ1) is 15.8. The second-order valence-electron chi connectivity index (χ2n) is 6.71. The summed E-state index contributed by atoms with van der Waals surface area (Å²) in [4.78, 5) is 18.4. The molecule has 1 aliphatic rings. The predicted octanol–water partition coefficient (Wildman–Crippen LogP) is 2.82. The number of nitrogens with one attached hydrogen (secondary N) is 1. The number of piperidine rings is 1. The van der Waals surface area contributed by atoms with Crippen molar-refractivity contribution >= 4 is 11.8 Å². The molecule has 5 heteroatoms. The van der Waals surface area contributed by atoms with Crippen LogP contribution in [-0.4, -0.2) is 35.8 Å². The van der Waals surface area contributed by atoms with Gasteiger partial charge < -0.3 is 10.1 Å². The first-order valence-corrected chi connectivity index (χ1v) is 7.50. The van der Waals surface area contributed by atoms with Crippen molar-refractivity contribution < 1.29 is 9.53 Å². The summed E-state index contributed by atoms with van der Waals surface area (Å²) in [6.07, 6.45) is 4.07. The molecule has 0 spiro atoms. The van der Waals surface area contributed by atoms with Crippen molar-refractivity contribution in [2.45, 2.75) is 45.8 Å². The average Bonchev–Trinajstić information content (AvgIpc) is 2.38. The Bertz CT molecular complexity index is 470. The molecule has 1 aromatic heterocycles. The largest absolute Gasteiger partial charge is 0.443 e. The highest BCUT2D eigenvalue weighted by atomic mass is 16.6. The van der Waals surface area contributed by atoms with E-state index in [0.29, 0.717) is 5.92 Å². The minimum Gasteiger partial charge on any atom is -0.443 e. The van der Waals surface area contributed by atoms with Gasteiger partial charge in [0, 0.05) is 18.9 Å². The Kier molecular flexibility index (Phi) is 4.83. The first-order chi connectivity index (χ1) is 9.87. The Morgan fingerprint density at radius 3 is 2.57 bits per heavy atom. The second kappa shape index (κ2) is 6.43. The number of anilines is 1. The summed E-state index contributed by atoms with van der Waals surface area (Å²) in [5.74, 6) is 0.538. The number of carbonyl (C=O) groups excluding carboxylic acids is 1. The fourth-order valence-corrected chi connectivity index (χ4v) is 2.61. The molecule has 2 rings (SSSR count). The van der Waals surface area contributed by atoms with E-state index in [4.69, 9.17) is 4.74 Å². The van der Waals surface area contributed by atoms with Crippen LogP contribution in [0.5, 0.6) is 0 Å². The molecule has 21 heavy (non-hydrogen) atoms. The Morgan fingerprint density at radius 1 is 1.33 bits per heavy atom. The summed E-state index contributed by atoms with van der Waals surface area (Å²) < 4.78 is 5.58. The third-order valence-corrected chi connectivity index (χ3v) is 3.44. The molecule has 0 bridgehead atoms. The third-order valence-electron chi connectivity index (χ3n) is 3.44. The minimum atomic E-state index is -0.504. The zero-order chi connectivity index (χ0) is 15.5. The van der Waals surface area contributed by atoms with Gasteiger partial charge in [-0.25, -0.2) is 4.79 Å². The molecule has 1 aliphatic heterocycles. The molecular weight excluding hydrogens is 266 g/mol. The van der Waals surface area contributed by atoms with E-state index in [9.17, 15) is 4.79 Å².